The average molecular weight is 384 g/mol. The molecule has 0 aromatic carbocycles. The Bertz CT molecular complexity index is 825. The number of rotatable bonds is 6. The van der Waals surface area contributed by atoms with Crippen LogP contribution in [0.1, 0.15) is 29.4 Å². The van der Waals surface area contributed by atoms with Crippen molar-refractivity contribution in [2.45, 2.75) is 31.5 Å². The molecule has 3 heterocycles. The van der Waals surface area contributed by atoms with Crippen LogP contribution in [0.3, 0.4) is 0 Å². The summed E-state index contributed by atoms with van der Waals surface area (Å²) in [6.45, 7) is 4.21. The molecule has 0 bridgehead atoms. The fraction of sp³-hybridized carbons (Fsp3) is 0.500. The summed E-state index contributed by atoms with van der Waals surface area (Å²) in [7, 11) is 1.57. The molecule has 0 spiro atoms. The molecule has 1 aromatic rings. The summed E-state index contributed by atoms with van der Waals surface area (Å²) < 4.78 is 5.74. The van der Waals surface area contributed by atoms with Gasteiger partial charge in [0.1, 0.15) is 11.7 Å². The van der Waals surface area contributed by atoms with Gasteiger partial charge in [0.15, 0.2) is 17.2 Å². The van der Waals surface area contributed by atoms with Gasteiger partial charge in [-0.3, -0.25) is 4.79 Å². The molecule has 0 radical (unpaired) electrons. The van der Waals surface area contributed by atoms with E-state index in [2.05, 4.69) is 36.5 Å². The number of hydrogen-bond acceptors (Lipinski definition) is 9. The Morgan fingerprint density at radius 2 is 2.36 bits per heavy atom. The summed E-state index contributed by atoms with van der Waals surface area (Å²) in [5, 5.41) is 29.3. The molecule has 2 aliphatic heterocycles. The van der Waals surface area contributed by atoms with Crippen LogP contribution in [-0.4, -0.2) is 60.8 Å². The van der Waals surface area contributed by atoms with Crippen molar-refractivity contribution in [3.63, 3.8) is 0 Å². The van der Waals surface area contributed by atoms with E-state index < -0.39 is 5.66 Å². The van der Waals surface area contributed by atoms with Crippen LogP contribution in [0, 0.1) is 11.3 Å². The second kappa shape index (κ2) is 8.77. The molecule has 1 saturated heterocycles. The number of nitriles is 1. The number of hydrogen-bond donors (Lipinski definition) is 4. The minimum absolute atomic E-state index is 0.107. The zero-order valence-corrected chi connectivity index (χ0v) is 16.0. The topological polar surface area (TPSA) is 136 Å². The quantitative estimate of drug-likeness (QED) is 0.535. The standard InChI is InChI=1S/C18H24N8O2/c1-18(11-22-13(8-19)9-23-18)24-15-7-12(16(26-25-15)17(27)20-2)3-4-14-10-21-5-6-28-14/h7,9,11,14,21,23H,3-6,10H2,1-2H3,(H,20,27)(H,24,25). The maximum atomic E-state index is 12.2. The summed E-state index contributed by atoms with van der Waals surface area (Å²) in [6.07, 6.45) is 4.65. The molecular formula is C18H24N8O2. The molecule has 0 aliphatic carbocycles. The van der Waals surface area contributed by atoms with Gasteiger partial charge in [0.2, 0.25) is 0 Å². The van der Waals surface area contributed by atoms with E-state index >= 15 is 0 Å². The maximum absolute atomic E-state index is 12.2. The molecule has 4 N–H and O–H groups in total. The van der Waals surface area contributed by atoms with Crippen molar-refractivity contribution in [3.8, 4) is 6.07 Å². The number of carbonyl (C=O) groups excluding carboxylic acids is 1. The Balaban J connectivity index is 1.75. The second-order valence-corrected chi connectivity index (χ2v) is 6.79. The van der Waals surface area contributed by atoms with Crippen LogP contribution >= 0.6 is 0 Å². The van der Waals surface area contributed by atoms with Crippen molar-refractivity contribution in [2.24, 2.45) is 4.99 Å². The molecule has 3 rings (SSSR count). The molecular weight excluding hydrogens is 360 g/mol. The van der Waals surface area contributed by atoms with Crippen molar-refractivity contribution in [3.05, 3.63) is 29.2 Å². The largest absolute Gasteiger partial charge is 0.376 e. The number of aryl methyl sites for hydroxylation is 1. The third-order valence-corrected chi connectivity index (χ3v) is 4.53. The Morgan fingerprint density at radius 1 is 1.50 bits per heavy atom. The third kappa shape index (κ3) is 4.82. The number of nitrogens with zero attached hydrogens (tertiary/aromatic N) is 4. The molecule has 10 nitrogen and oxygen atoms in total. The molecule has 148 valence electrons. The molecule has 1 fully saturated rings. The lowest BCUT2D eigenvalue weighted by atomic mass is 10.0. The summed E-state index contributed by atoms with van der Waals surface area (Å²) in [5.74, 6) is 0.225. The van der Waals surface area contributed by atoms with E-state index in [0.29, 0.717) is 30.2 Å². The van der Waals surface area contributed by atoms with Gasteiger partial charge in [-0.15, -0.1) is 10.2 Å². The second-order valence-electron chi connectivity index (χ2n) is 6.79. The lowest BCUT2D eigenvalue weighted by molar-refractivity contribution is 0.0238. The highest BCUT2D eigenvalue weighted by Gasteiger charge is 2.25. The number of morpholine rings is 1. The monoisotopic (exact) mass is 384 g/mol. The predicted molar refractivity (Wildman–Crippen MR) is 104 cm³/mol. The zero-order chi connectivity index (χ0) is 20.0. The number of aliphatic imine (C=N–C) groups is 1. The Kier molecular flexibility index (Phi) is 6.18. The zero-order valence-electron chi connectivity index (χ0n) is 16.0. The molecule has 0 saturated carbocycles. The van der Waals surface area contributed by atoms with Gasteiger partial charge < -0.3 is 26.0 Å². The van der Waals surface area contributed by atoms with Crippen LogP contribution in [0.4, 0.5) is 5.82 Å². The highest BCUT2D eigenvalue weighted by molar-refractivity contribution is 5.93. The first-order valence-electron chi connectivity index (χ1n) is 9.15. The highest BCUT2D eigenvalue weighted by Crippen LogP contribution is 2.18. The fourth-order valence-corrected chi connectivity index (χ4v) is 3.00. The van der Waals surface area contributed by atoms with E-state index in [1.807, 2.05) is 19.1 Å². The number of allylic oxidation sites excluding steroid dienone is 1. The minimum atomic E-state index is -0.725. The number of nitrogens with one attached hydrogen (secondary N) is 4. The first-order chi connectivity index (χ1) is 13.5. The van der Waals surface area contributed by atoms with Gasteiger partial charge >= 0.3 is 0 Å². The van der Waals surface area contributed by atoms with Crippen LogP contribution in [-0.2, 0) is 11.2 Å². The van der Waals surface area contributed by atoms with Crippen molar-refractivity contribution in [1.82, 2.24) is 26.1 Å². The summed E-state index contributed by atoms with van der Waals surface area (Å²) >= 11 is 0. The van der Waals surface area contributed by atoms with Gasteiger partial charge in [-0.25, -0.2) is 4.99 Å². The Morgan fingerprint density at radius 3 is 3.00 bits per heavy atom. The minimum Gasteiger partial charge on any atom is -0.376 e. The first kappa shape index (κ1) is 19.7. The summed E-state index contributed by atoms with van der Waals surface area (Å²) in [5.41, 5.74) is 0.661. The van der Waals surface area contributed by atoms with Gasteiger partial charge in [0, 0.05) is 26.3 Å². The predicted octanol–water partition coefficient (Wildman–Crippen LogP) is -0.0757. The molecule has 10 heteroatoms. The molecule has 1 amide bonds. The van der Waals surface area contributed by atoms with Gasteiger partial charge in [0.05, 0.1) is 18.9 Å². The molecule has 2 unspecified atom stereocenters. The SMILES string of the molecule is CNC(=O)c1nnc(NC2(C)C=NC(C#N)=CN2)cc1CCC1CNCCO1. The van der Waals surface area contributed by atoms with Gasteiger partial charge in [-0.05, 0) is 31.4 Å². The average Bonchev–Trinajstić information content (AvgIpc) is 2.73. The van der Waals surface area contributed by atoms with Crippen LogP contribution in [0.2, 0.25) is 0 Å². The van der Waals surface area contributed by atoms with E-state index in [-0.39, 0.29) is 12.0 Å². The van der Waals surface area contributed by atoms with Crippen molar-refractivity contribution in [2.75, 3.05) is 32.1 Å². The van der Waals surface area contributed by atoms with Gasteiger partial charge in [-0.1, -0.05) is 0 Å². The number of ether oxygens (including phenoxy) is 1. The van der Waals surface area contributed by atoms with Crippen LogP contribution < -0.4 is 21.3 Å². The smallest absolute Gasteiger partial charge is 0.271 e. The lowest BCUT2D eigenvalue weighted by Crippen LogP contribution is -2.50. The highest BCUT2D eigenvalue weighted by atomic mass is 16.5. The van der Waals surface area contributed by atoms with Gasteiger partial charge in [0.25, 0.3) is 5.91 Å². The van der Waals surface area contributed by atoms with Crippen molar-refractivity contribution >= 4 is 17.9 Å². The van der Waals surface area contributed by atoms with E-state index in [9.17, 15) is 4.79 Å². The van der Waals surface area contributed by atoms with E-state index in [1.54, 1.807) is 13.3 Å². The number of anilines is 1. The van der Waals surface area contributed by atoms with Gasteiger partial charge in [-0.2, -0.15) is 5.26 Å². The summed E-state index contributed by atoms with van der Waals surface area (Å²) in [6, 6.07) is 3.79. The van der Waals surface area contributed by atoms with E-state index in [0.717, 1.165) is 25.1 Å². The third-order valence-electron chi connectivity index (χ3n) is 4.53. The lowest BCUT2D eigenvalue weighted by Gasteiger charge is -2.29. The maximum Gasteiger partial charge on any atom is 0.271 e. The number of aromatic nitrogens is 2. The van der Waals surface area contributed by atoms with Crippen molar-refractivity contribution in [1.29, 1.82) is 5.26 Å². The summed E-state index contributed by atoms with van der Waals surface area (Å²) in [4.78, 5) is 16.3. The van der Waals surface area contributed by atoms with Crippen LogP contribution in [0.5, 0.6) is 0 Å². The first-order valence-corrected chi connectivity index (χ1v) is 9.15. The Labute approximate surface area is 163 Å². The fourth-order valence-electron chi connectivity index (χ4n) is 3.00. The molecule has 1 aromatic heterocycles. The normalized spacial score (nSPS) is 23.9. The van der Waals surface area contributed by atoms with Crippen molar-refractivity contribution < 1.29 is 9.53 Å². The Hall–Kier alpha value is -3.03. The van der Waals surface area contributed by atoms with E-state index in [4.69, 9.17) is 10.00 Å². The van der Waals surface area contributed by atoms with Crippen LogP contribution in [0.25, 0.3) is 0 Å². The van der Waals surface area contributed by atoms with Crippen LogP contribution in [0.15, 0.2) is 23.0 Å². The van der Waals surface area contributed by atoms with E-state index in [1.165, 1.54) is 6.20 Å². The molecule has 2 atom stereocenters. The number of amides is 1. The molecule has 2 aliphatic rings. The number of carbonyl (C=O) groups is 1. The molecule has 28 heavy (non-hydrogen) atoms.